The van der Waals surface area contributed by atoms with Gasteiger partial charge in [0.2, 0.25) is 0 Å². The zero-order valence-electron chi connectivity index (χ0n) is 13.4. The molecule has 1 aromatic heterocycles. The van der Waals surface area contributed by atoms with Crippen molar-refractivity contribution in [3.63, 3.8) is 0 Å². The van der Waals surface area contributed by atoms with Crippen molar-refractivity contribution in [1.82, 2.24) is 4.98 Å². The number of methoxy groups -OCH3 is 1. The smallest absolute Gasteiger partial charge is 0.341 e. The second kappa shape index (κ2) is 7.55. The number of thiazole rings is 1. The van der Waals surface area contributed by atoms with E-state index in [4.69, 9.17) is 26.8 Å². The third kappa shape index (κ3) is 4.10. The summed E-state index contributed by atoms with van der Waals surface area (Å²) in [6, 6.07) is 12.6. The number of carbonyl (C=O) groups excluding carboxylic acids is 1. The maximum atomic E-state index is 12.1. The molecule has 3 rings (SSSR count). The molecule has 0 aliphatic heterocycles. The van der Waals surface area contributed by atoms with Crippen molar-refractivity contribution in [3.8, 4) is 17.0 Å². The second-order valence-corrected chi connectivity index (χ2v) is 6.51. The predicted molar refractivity (Wildman–Crippen MR) is 99.1 cm³/mol. The van der Waals surface area contributed by atoms with Gasteiger partial charge in [-0.25, -0.2) is 9.78 Å². The van der Waals surface area contributed by atoms with Gasteiger partial charge in [0.15, 0.2) is 5.13 Å². The third-order valence-corrected chi connectivity index (χ3v) is 4.44. The number of anilines is 1. The van der Waals surface area contributed by atoms with Crippen LogP contribution in [0.2, 0.25) is 5.02 Å². The average Bonchev–Trinajstić information content (AvgIpc) is 3.07. The average molecular weight is 375 g/mol. The van der Waals surface area contributed by atoms with Crippen LogP contribution in [0.3, 0.4) is 0 Å². The largest absolute Gasteiger partial charge is 0.488 e. The van der Waals surface area contributed by atoms with Gasteiger partial charge < -0.3 is 15.2 Å². The Hall–Kier alpha value is -2.57. The van der Waals surface area contributed by atoms with Gasteiger partial charge in [-0.1, -0.05) is 23.7 Å². The number of carbonyl (C=O) groups is 1. The quantitative estimate of drug-likeness (QED) is 0.669. The number of aromatic nitrogens is 1. The highest BCUT2D eigenvalue weighted by Gasteiger charge is 2.16. The van der Waals surface area contributed by atoms with Crippen LogP contribution in [-0.2, 0) is 11.3 Å². The van der Waals surface area contributed by atoms with Crippen molar-refractivity contribution < 1.29 is 14.3 Å². The number of ether oxygens (including phenoxy) is 2. The number of esters is 1. The SMILES string of the molecule is COC(=O)c1cc(-c2csc(N)n2)ccc1OCc1ccc(Cl)cc1. The van der Waals surface area contributed by atoms with Crippen molar-refractivity contribution in [2.75, 3.05) is 12.8 Å². The summed E-state index contributed by atoms with van der Waals surface area (Å²) in [5.74, 6) is -0.0371. The summed E-state index contributed by atoms with van der Waals surface area (Å²) in [5.41, 5.74) is 8.43. The van der Waals surface area contributed by atoms with Crippen LogP contribution < -0.4 is 10.5 Å². The number of hydrogen-bond acceptors (Lipinski definition) is 6. The third-order valence-electron chi connectivity index (χ3n) is 3.51. The highest BCUT2D eigenvalue weighted by atomic mass is 35.5. The first-order chi connectivity index (χ1) is 12.1. The molecule has 1 heterocycles. The molecule has 0 amide bonds. The summed E-state index contributed by atoms with van der Waals surface area (Å²) in [6.07, 6.45) is 0. The van der Waals surface area contributed by atoms with Gasteiger partial charge in [0.25, 0.3) is 0 Å². The molecule has 0 radical (unpaired) electrons. The summed E-state index contributed by atoms with van der Waals surface area (Å²) >= 11 is 7.22. The first-order valence-electron chi connectivity index (χ1n) is 7.38. The molecule has 7 heteroatoms. The number of nitrogens with two attached hydrogens (primary N) is 1. The topological polar surface area (TPSA) is 74.4 Å². The van der Waals surface area contributed by atoms with Gasteiger partial charge in [0, 0.05) is 16.0 Å². The molecule has 0 fully saturated rings. The van der Waals surface area contributed by atoms with Gasteiger partial charge in [-0.3, -0.25) is 0 Å². The second-order valence-electron chi connectivity index (χ2n) is 5.19. The van der Waals surface area contributed by atoms with Gasteiger partial charge in [-0.15, -0.1) is 11.3 Å². The monoisotopic (exact) mass is 374 g/mol. The van der Waals surface area contributed by atoms with E-state index in [2.05, 4.69) is 4.98 Å². The van der Waals surface area contributed by atoms with Crippen LogP contribution >= 0.6 is 22.9 Å². The molecule has 0 unspecified atom stereocenters. The van der Waals surface area contributed by atoms with E-state index < -0.39 is 5.97 Å². The molecule has 25 heavy (non-hydrogen) atoms. The lowest BCUT2D eigenvalue weighted by Crippen LogP contribution is -2.06. The van der Waals surface area contributed by atoms with Crippen molar-refractivity contribution >= 4 is 34.0 Å². The Morgan fingerprint density at radius 2 is 2.00 bits per heavy atom. The van der Waals surface area contributed by atoms with Crippen LogP contribution in [0.15, 0.2) is 47.8 Å². The van der Waals surface area contributed by atoms with E-state index in [1.165, 1.54) is 18.4 Å². The molecule has 0 saturated carbocycles. The Bertz CT molecular complexity index is 894. The van der Waals surface area contributed by atoms with E-state index in [1.807, 2.05) is 23.6 Å². The van der Waals surface area contributed by atoms with E-state index in [9.17, 15) is 4.79 Å². The highest BCUT2D eigenvalue weighted by Crippen LogP contribution is 2.29. The Labute approximate surface area is 154 Å². The van der Waals surface area contributed by atoms with E-state index >= 15 is 0 Å². The fraction of sp³-hybridized carbons (Fsp3) is 0.111. The molecular weight excluding hydrogens is 360 g/mol. The lowest BCUT2D eigenvalue weighted by atomic mass is 10.1. The van der Waals surface area contributed by atoms with Crippen LogP contribution in [0, 0.1) is 0 Å². The van der Waals surface area contributed by atoms with Crippen molar-refractivity contribution in [3.05, 3.63) is 64.0 Å². The van der Waals surface area contributed by atoms with Crippen molar-refractivity contribution in [2.24, 2.45) is 0 Å². The van der Waals surface area contributed by atoms with E-state index in [0.29, 0.717) is 33.8 Å². The van der Waals surface area contributed by atoms with E-state index in [0.717, 1.165) is 11.1 Å². The molecule has 128 valence electrons. The lowest BCUT2D eigenvalue weighted by Gasteiger charge is -2.12. The number of rotatable bonds is 5. The molecule has 0 atom stereocenters. The van der Waals surface area contributed by atoms with E-state index in [-0.39, 0.29) is 0 Å². The molecule has 3 aromatic rings. The Morgan fingerprint density at radius 1 is 1.24 bits per heavy atom. The normalized spacial score (nSPS) is 10.5. The Kier molecular flexibility index (Phi) is 5.21. The minimum atomic E-state index is -0.476. The van der Waals surface area contributed by atoms with Crippen LogP contribution in [0.25, 0.3) is 11.3 Å². The molecule has 0 spiro atoms. The van der Waals surface area contributed by atoms with Crippen LogP contribution in [0.1, 0.15) is 15.9 Å². The fourth-order valence-electron chi connectivity index (χ4n) is 2.25. The van der Waals surface area contributed by atoms with Gasteiger partial charge >= 0.3 is 5.97 Å². The van der Waals surface area contributed by atoms with Crippen molar-refractivity contribution in [2.45, 2.75) is 6.61 Å². The molecule has 0 saturated heterocycles. The molecule has 5 nitrogen and oxygen atoms in total. The summed E-state index contributed by atoms with van der Waals surface area (Å²) in [5, 5.41) is 2.96. The number of halogens is 1. The zero-order chi connectivity index (χ0) is 17.8. The van der Waals surface area contributed by atoms with Gasteiger partial charge in [0.05, 0.1) is 12.8 Å². The Morgan fingerprint density at radius 3 is 2.64 bits per heavy atom. The first kappa shape index (κ1) is 17.3. The highest BCUT2D eigenvalue weighted by molar-refractivity contribution is 7.13. The number of nitrogens with zero attached hydrogens (tertiary/aromatic N) is 1. The summed E-state index contributed by atoms with van der Waals surface area (Å²) in [4.78, 5) is 16.3. The number of nitrogen functional groups attached to an aromatic ring is 1. The summed E-state index contributed by atoms with van der Waals surface area (Å²) in [7, 11) is 1.33. The Balaban J connectivity index is 1.87. The van der Waals surface area contributed by atoms with E-state index in [1.54, 1.807) is 24.3 Å². The van der Waals surface area contributed by atoms with Gasteiger partial charge in [-0.05, 0) is 35.9 Å². The maximum absolute atomic E-state index is 12.1. The van der Waals surface area contributed by atoms with Crippen LogP contribution in [0.5, 0.6) is 5.75 Å². The molecule has 2 N–H and O–H groups in total. The summed E-state index contributed by atoms with van der Waals surface area (Å²) < 4.78 is 10.7. The number of hydrogen-bond donors (Lipinski definition) is 1. The zero-order valence-corrected chi connectivity index (χ0v) is 14.9. The minimum absolute atomic E-state index is 0.310. The molecule has 0 aliphatic carbocycles. The van der Waals surface area contributed by atoms with Crippen LogP contribution in [0.4, 0.5) is 5.13 Å². The number of benzene rings is 2. The minimum Gasteiger partial charge on any atom is -0.488 e. The molecule has 0 aliphatic rings. The van der Waals surface area contributed by atoms with Crippen LogP contribution in [-0.4, -0.2) is 18.1 Å². The molecular formula is C18H15ClN2O3S. The molecule has 0 bridgehead atoms. The van der Waals surface area contributed by atoms with Gasteiger partial charge in [-0.2, -0.15) is 0 Å². The van der Waals surface area contributed by atoms with Gasteiger partial charge in [0.1, 0.15) is 17.9 Å². The lowest BCUT2D eigenvalue weighted by molar-refractivity contribution is 0.0595. The molecule has 2 aromatic carbocycles. The fourth-order valence-corrected chi connectivity index (χ4v) is 2.94. The standard InChI is InChI=1S/C18H15ClN2O3S/c1-23-17(22)14-8-12(15-10-25-18(20)21-15)4-7-16(14)24-9-11-2-5-13(19)6-3-11/h2-8,10H,9H2,1H3,(H2,20,21). The summed E-state index contributed by atoms with van der Waals surface area (Å²) in [6.45, 7) is 0.310. The maximum Gasteiger partial charge on any atom is 0.341 e. The van der Waals surface area contributed by atoms with Crippen molar-refractivity contribution in [1.29, 1.82) is 0 Å². The first-order valence-corrected chi connectivity index (χ1v) is 8.63. The predicted octanol–water partition coefficient (Wildman–Crippen LogP) is 4.41.